The molecule has 0 aliphatic carbocycles. The van der Waals surface area contributed by atoms with Crippen LogP contribution in [0.15, 0.2) is 48.5 Å². The van der Waals surface area contributed by atoms with Gasteiger partial charge in [-0.1, -0.05) is 30.3 Å². The van der Waals surface area contributed by atoms with Gasteiger partial charge in [0.1, 0.15) is 5.69 Å². The molecule has 9 nitrogen and oxygen atoms in total. The first-order chi connectivity index (χ1) is 14.4. The fraction of sp³-hybridized carbons (Fsp3) is 0.333. The number of methoxy groups -OCH3 is 1. The number of benzene rings is 2. The van der Waals surface area contributed by atoms with Crippen LogP contribution in [0.3, 0.4) is 0 Å². The number of nitrogens with zero attached hydrogens (tertiary/aromatic N) is 3. The summed E-state index contributed by atoms with van der Waals surface area (Å²) in [5, 5.41) is 20.9. The number of carbonyl (C=O) groups is 2. The molecule has 1 N–H and O–H groups in total. The van der Waals surface area contributed by atoms with E-state index in [4.69, 9.17) is 4.74 Å². The van der Waals surface area contributed by atoms with Crippen molar-refractivity contribution in [1.82, 2.24) is 4.90 Å². The van der Waals surface area contributed by atoms with Crippen molar-refractivity contribution in [2.75, 3.05) is 31.6 Å². The van der Waals surface area contributed by atoms with Crippen molar-refractivity contribution in [3.8, 4) is 0 Å². The summed E-state index contributed by atoms with van der Waals surface area (Å²) in [6.07, 6.45) is 0.0379. The maximum Gasteiger partial charge on any atom is 0.335 e. The second kappa shape index (κ2) is 9.36. The highest BCUT2D eigenvalue weighted by Crippen LogP contribution is 2.33. The summed E-state index contributed by atoms with van der Waals surface area (Å²) in [5.41, 5.74) is 1.10. The van der Waals surface area contributed by atoms with E-state index in [1.165, 1.54) is 25.3 Å². The Bertz CT molecular complexity index is 934. The van der Waals surface area contributed by atoms with Gasteiger partial charge >= 0.3 is 11.9 Å². The van der Waals surface area contributed by atoms with E-state index in [9.17, 15) is 24.8 Å². The van der Waals surface area contributed by atoms with Crippen LogP contribution in [0.25, 0.3) is 0 Å². The standard InChI is InChI=1S/C21H23N3O6/c1-30-20(25)12-17-14-22(13-15-5-3-2-4-6-15)9-10-23(17)19-11-16(21(26)27)7-8-18(19)24(28)29/h2-8,11,17H,9-10,12-14H2,1H3,(H,26,27). The summed E-state index contributed by atoms with van der Waals surface area (Å²) >= 11 is 0. The fourth-order valence-corrected chi connectivity index (χ4v) is 3.71. The zero-order valence-electron chi connectivity index (χ0n) is 16.6. The predicted molar refractivity (Wildman–Crippen MR) is 110 cm³/mol. The number of rotatable bonds is 7. The minimum atomic E-state index is -1.17. The monoisotopic (exact) mass is 413 g/mol. The highest BCUT2D eigenvalue weighted by atomic mass is 16.6. The van der Waals surface area contributed by atoms with Gasteiger partial charge in [0, 0.05) is 32.2 Å². The average molecular weight is 413 g/mol. The molecule has 2 aromatic carbocycles. The lowest BCUT2D eigenvalue weighted by Crippen LogP contribution is -2.54. The molecule has 1 heterocycles. The van der Waals surface area contributed by atoms with Crippen LogP contribution in [-0.2, 0) is 16.1 Å². The van der Waals surface area contributed by atoms with Gasteiger partial charge < -0.3 is 14.7 Å². The predicted octanol–water partition coefficient (Wildman–Crippen LogP) is 2.55. The molecule has 0 aromatic heterocycles. The van der Waals surface area contributed by atoms with E-state index in [0.717, 1.165) is 5.56 Å². The normalized spacial score (nSPS) is 16.8. The van der Waals surface area contributed by atoms with Crippen LogP contribution >= 0.6 is 0 Å². The fourth-order valence-electron chi connectivity index (χ4n) is 3.71. The third-order valence-corrected chi connectivity index (χ3v) is 5.17. The van der Waals surface area contributed by atoms with E-state index in [2.05, 4.69) is 4.90 Å². The molecule has 1 aliphatic rings. The molecule has 9 heteroatoms. The molecule has 0 radical (unpaired) electrons. The van der Waals surface area contributed by atoms with E-state index in [1.807, 2.05) is 30.3 Å². The summed E-state index contributed by atoms with van der Waals surface area (Å²) in [6, 6.07) is 13.2. The Kier molecular flexibility index (Phi) is 6.63. The molecule has 0 amide bonds. The Hall–Kier alpha value is -3.46. The van der Waals surface area contributed by atoms with Gasteiger partial charge in [-0.2, -0.15) is 0 Å². The number of hydrogen-bond acceptors (Lipinski definition) is 7. The Morgan fingerprint density at radius 2 is 1.93 bits per heavy atom. The van der Waals surface area contributed by atoms with Crippen LogP contribution in [0.2, 0.25) is 0 Å². The molecule has 3 rings (SSSR count). The van der Waals surface area contributed by atoms with Crippen molar-refractivity contribution >= 4 is 23.3 Å². The maximum absolute atomic E-state index is 12.0. The molecule has 0 saturated carbocycles. The van der Waals surface area contributed by atoms with Crippen molar-refractivity contribution in [1.29, 1.82) is 0 Å². The summed E-state index contributed by atoms with van der Waals surface area (Å²) in [7, 11) is 1.30. The molecule has 1 unspecified atom stereocenters. The minimum absolute atomic E-state index is 0.0379. The third-order valence-electron chi connectivity index (χ3n) is 5.17. The Balaban J connectivity index is 1.91. The number of esters is 1. The van der Waals surface area contributed by atoms with Crippen LogP contribution < -0.4 is 4.90 Å². The minimum Gasteiger partial charge on any atom is -0.478 e. The van der Waals surface area contributed by atoms with Crippen molar-refractivity contribution in [3.63, 3.8) is 0 Å². The van der Waals surface area contributed by atoms with Gasteiger partial charge in [-0.25, -0.2) is 4.79 Å². The van der Waals surface area contributed by atoms with E-state index >= 15 is 0 Å². The van der Waals surface area contributed by atoms with Gasteiger partial charge in [0.2, 0.25) is 0 Å². The topological polar surface area (TPSA) is 113 Å². The van der Waals surface area contributed by atoms with Gasteiger partial charge in [0.05, 0.1) is 30.1 Å². The molecule has 158 valence electrons. The zero-order chi connectivity index (χ0) is 21.7. The van der Waals surface area contributed by atoms with Gasteiger partial charge in [-0.3, -0.25) is 19.8 Å². The highest BCUT2D eigenvalue weighted by Gasteiger charge is 2.33. The van der Waals surface area contributed by atoms with Crippen LogP contribution in [0.1, 0.15) is 22.3 Å². The number of hydrogen-bond donors (Lipinski definition) is 1. The van der Waals surface area contributed by atoms with E-state index in [-0.39, 0.29) is 23.4 Å². The molecule has 0 bridgehead atoms. The number of carboxylic acid groups (broad SMARTS) is 1. The van der Waals surface area contributed by atoms with Crippen LogP contribution in [-0.4, -0.2) is 59.7 Å². The van der Waals surface area contributed by atoms with Crippen molar-refractivity contribution in [2.45, 2.75) is 19.0 Å². The van der Waals surface area contributed by atoms with Crippen LogP contribution in [0, 0.1) is 10.1 Å². The first-order valence-electron chi connectivity index (χ1n) is 9.50. The van der Waals surface area contributed by atoms with Crippen molar-refractivity contribution in [2.24, 2.45) is 0 Å². The molecule has 0 spiro atoms. The second-order valence-corrected chi connectivity index (χ2v) is 7.11. The molecule has 1 atom stereocenters. The lowest BCUT2D eigenvalue weighted by Gasteiger charge is -2.42. The van der Waals surface area contributed by atoms with Gasteiger partial charge in [0.25, 0.3) is 5.69 Å². The summed E-state index contributed by atoms with van der Waals surface area (Å²) in [5.74, 6) is -1.60. The molecule has 30 heavy (non-hydrogen) atoms. The molecular weight excluding hydrogens is 390 g/mol. The van der Waals surface area contributed by atoms with Gasteiger partial charge in [-0.15, -0.1) is 0 Å². The third kappa shape index (κ3) is 4.93. The van der Waals surface area contributed by atoms with Crippen LogP contribution in [0.4, 0.5) is 11.4 Å². The summed E-state index contributed by atoms with van der Waals surface area (Å²) < 4.78 is 4.82. The van der Waals surface area contributed by atoms with E-state index in [1.54, 1.807) is 4.90 Å². The Morgan fingerprint density at radius 3 is 2.57 bits per heavy atom. The molecule has 1 saturated heterocycles. The van der Waals surface area contributed by atoms with E-state index in [0.29, 0.717) is 26.2 Å². The smallest absolute Gasteiger partial charge is 0.335 e. The average Bonchev–Trinajstić information content (AvgIpc) is 2.74. The van der Waals surface area contributed by atoms with Crippen molar-refractivity contribution in [3.05, 3.63) is 69.8 Å². The van der Waals surface area contributed by atoms with Gasteiger partial charge in [-0.05, 0) is 17.7 Å². The number of nitro benzene ring substituents is 1. The lowest BCUT2D eigenvalue weighted by molar-refractivity contribution is -0.384. The summed E-state index contributed by atoms with van der Waals surface area (Å²) in [6.45, 7) is 2.20. The Morgan fingerprint density at radius 1 is 1.20 bits per heavy atom. The quantitative estimate of drug-likeness (QED) is 0.419. The number of carbonyl (C=O) groups excluding carboxylic acids is 1. The lowest BCUT2D eigenvalue weighted by atomic mass is 10.0. The first-order valence-corrected chi connectivity index (χ1v) is 9.50. The molecule has 1 aliphatic heterocycles. The Labute approximate surface area is 173 Å². The zero-order valence-corrected chi connectivity index (χ0v) is 16.6. The number of piperazine rings is 1. The van der Waals surface area contributed by atoms with Gasteiger partial charge in [0.15, 0.2) is 0 Å². The largest absolute Gasteiger partial charge is 0.478 e. The number of carboxylic acids is 1. The van der Waals surface area contributed by atoms with E-state index < -0.39 is 22.9 Å². The van der Waals surface area contributed by atoms with Crippen LogP contribution in [0.5, 0.6) is 0 Å². The first kappa shape index (κ1) is 21.3. The number of nitro groups is 1. The molecule has 1 fully saturated rings. The molecular formula is C21H23N3O6. The SMILES string of the molecule is COC(=O)CC1CN(Cc2ccccc2)CCN1c1cc(C(=O)O)ccc1[N+](=O)[O-]. The molecule has 2 aromatic rings. The van der Waals surface area contributed by atoms with Crippen molar-refractivity contribution < 1.29 is 24.4 Å². The number of ether oxygens (including phenoxy) is 1. The second-order valence-electron chi connectivity index (χ2n) is 7.11. The summed E-state index contributed by atoms with van der Waals surface area (Å²) in [4.78, 5) is 38.4. The number of aromatic carboxylic acids is 1. The highest BCUT2D eigenvalue weighted by molar-refractivity contribution is 5.90. The number of anilines is 1. The maximum atomic E-state index is 12.0.